The van der Waals surface area contributed by atoms with E-state index < -0.39 is 101 Å². The van der Waals surface area contributed by atoms with E-state index in [0.29, 0.717) is 28.1 Å². The number of amides is 1. The van der Waals surface area contributed by atoms with E-state index in [0.717, 1.165) is 23.0 Å². The van der Waals surface area contributed by atoms with E-state index in [1.54, 1.807) is 66.7 Å². The number of anilines is 1. The first kappa shape index (κ1) is 44.9. The van der Waals surface area contributed by atoms with Crippen molar-refractivity contribution in [2.45, 2.75) is 68.3 Å². The summed E-state index contributed by atoms with van der Waals surface area (Å²) in [6, 6.07) is 21.3. The fourth-order valence-electron chi connectivity index (χ4n) is 7.50. The van der Waals surface area contributed by atoms with Crippen molar-refractivity contribution in [1.29, 1.82) is 0 Å². The predicted octanol–water partition coefficient (Wildman–Crippen LogP) is 6.04. The van der Waals surface area contributed by atoms with Crippen LogP contribution in [0.2, 0.25) is 0 Å². The maximum absolute atomic E-state index is 16.7. The molecule has 1 amide bonds. The minimum atomic E-state index is -5.31. The molecule has 0 radical (unpaired) electrons. The van der Waals surface area contributed by atoms with Crippen molar-refractivity contribution in [2.24, 2.45) is 0 Å². The number of phosphoric acid groups is 1. The molecule has 9 rings (SSSR count). The molecule has 19 nitrogen and oxygen atoms in total. The van der Waals surface area contributed by atoms with Gasteiger partial charge in [0.15, 0.2) is 42.0 Å². The number of rotatable bonds is 8. The van der Waals surface area contributed by atoms with Crippen molar-refractivity contribution in [3.05, 3.63) is 120 Å². The van der Waals surface area contributed by atoms with Crippen LogP contribution in [0.15, 0.2) is 97.7 Å². The van der Waals surface area contributed by atoms with Gasteiger partial charge in [0, 0.05) is 17.5 Å². The van der Waals surface area contributed by atoms with Crippen LogP contribution >= 0.6 is 26.0 Å². The van der Waals surface area contributed by atoms with Gasteiger partial charge in [-0.15, -0.1) is 0 Å². The molecule has 24 heteroatoms. The lowest BCUT2D eigenvalue weighted by molar-refractivity contribution is -0.146. The molecule has 0 saturated carbocycles. The van der Waals surface area contributed by atoms with Crippen LogP contribution in [0.25, 0.3) is 16.7 Å². The Bertz CT molecular complexity index is 2760. The van der Waals surface area contributed by atoms with Gasteiger partial charge in [-0.2, -0.15) is 0 Å². The average Bonchev–Trinajstić information content (AvgIpc) is 3.95. The first-order valence-corrected chi connectivity index (χ1v) is 24.5. The highest BCUT2D eigenvalue weighted by Crippen LogP contribution is 2.65. The number of hydrogen-bond acceptors (Lipinski definition) is 17. The number of imidazole rings is 1. The smallest absolute Gasteiger partial charge is 0.423 e. The van der Waals surface area contributed by atoms with Crippen LogP contribution < -0.4 is 10.5 Å². The van der Waals surface area contributed by atoms with E-state index in [9.17, 15) is 23.8 Å². The highest BCUT2D eigenvalue weighted by molar-refractivity contribution is 8.54. The van der Waals surface area contributed by atoms with Crippen molar-refractivity contribution in [3.63, 3.8) is 0 Å². The molecule has 3 fully saturated rings. The van der Waals surface area contributed by atoms with Crippen molar-refractivity contribution >= 4 is 66.2 Å². The molecule has 65 heavy (non-hydrogen) atoms. The average molecular weight is 955 g/mol. The number of aromatic nitrogens is 4. The Morgan fingerprint density at radius 3 is 2.37 bits per heavy atom. The summed E-state index contributed by atoms with van der Waals surface area (Å²) in [5.41, 5.74) is 8.54. The van der Waals surface area contributed by atoms with Crippen LogP contribution in [0.4, 0.5) is 14.6 Å². The van der Waals surface area contributed by atoms with Gasteiger partial charge in [-0.05, 0) is 53.7 Å². The lowest BCUT2D eigenvalue weighted by Crippen LogP contribution is -2.45. The number of Topliss-reactive ketones (excluding diaryl/α,β-unsaturated/α-hetero) is 1. The Hall–Kier alpha value is -5.25. The number of carbonyl (C=O) groups is 3. The van der Waals surface area contributed by atoms with E-state index in [-0.39, 0.29) is 34.1 Å². The van der Waals surface area contributed by atoms with Gasteiger partial charge in [0.2, 0.25) is 5.91 Å². The second-order valence-corrected chi connectivity index (χ2v) is 20.7. The van der Waals surface area contributed by atoms with E-state index >= 15 is 13.3 Å². The van der Waals surface area contributed by atoms with Crippen LogP contribution in [-0.4, -0.2) is 103 Å². The lowest BCUT2D eigenvalue weighted by Gasteiger charge is -2.30. The molecule has 0 aliphatic carbocycles. The molecule has 3 aromatic carbocycles. The number of ether oxygens (including phenoxy) is 3. The number of fused-ring (bicyclic) bond motifs is 4. The van der Waals surface area contributed by atoms with Gasteiger partial charge in [0.1, 0.15) is 42.0 Å². The third-order valence-corrected chi connectivity index (χ3v) is 15.5. The van der Waals surface area contributed by atoms with Gasteiger partial charge >= 0.3 is 20.6 Å². The van der Waals surface area contributed by atoms with Crippen molar-refractivity contribution < 1.29 is 69.5 Å². The van der Waals surface area contributed by atoms with Gasteiger partial charge in [0.25, 0.3) is 0 Å². The van der Waals surface area contributed by atoms with Crippen molar-refractivity contribution in [3.8, 4) is 5.75 Å². The van der Waals surface area contributed by atoms with Crippen LogP contribution in [0.1, 0.15) is 39.7 Å². The first-order chi connectivity index (χ1) is 31.1. The minimum absolute atomic E-state index is 0.0119. The second kappa shape index (κ2) is 18.2. The Balaban J connectivity index is 1.02. The molecule has 4 aliphatic heterocycles. The number of benzene rings is 3. The van der Waals surface area contributed by atoms with Crippen molar-refractivity contribution in [1.82, 2.24) is 24.4 Å². The highest BCUT2D eigenvalue weighted by Gasteiger charge is 2.56. The Kier molecular flexibility index (Phi) is 12.6. The third kappa shape index (κ3) is 9.42. The molecule has 2 bridgehead atoms. The maximum atomic E-state index is 16.7. The van der Waals surface area contributed by atoms with Crippen LogP contribution in [-0.2, 0) is 52.0 Å². The number of carbonyl (C=O) groups excluding carboxylic acids is 3. The molecule has 4 aliphatic rings. The van der Waals surface area contributed by atoms with Gasteiger partial charge < -0.3 is 24.8 Å². The lowest BCUT2D eigenvalue weighted by atomic mass is 9.97. The van der Waals surface area contributed by atoms with Gasteiger partial charge in [0.05, 0.1) is 31.5 Å². The molecule has 2 aromatic heterocycles. The summed E-state index contributed by atoms with van der Waals surface area (Å²) in [5, 5.41) is 0. The maximum Gasteiger partial charge on any atom is 0.472 e. The summed E-state index contributed by atoms with van der Waals surface area (Å²) in [6.45, 7) is -4.63. The monoisotopic (exact) mass is 954 g/mol. The van der Waals surface area contributed by atoms with E-state index in [1.807, 2.05) is 6.92 Å². The van der Waals surface area contributed by atoms with Gasteiger partial charge in [-0.25, -0.2) is 37.7 Å². The molecule has 3 N–H and O–H groups in total. The van der Waals surface area contributed by atoms with E-state index in [1.165, 1.54) is 23.0 Å². The second-order valence-electron chi connectivity index (χ2n) is 15.2. The van der Waals surface area contributed by atoms with E-state index in [4.69, 9.17) is 38.0 Å². The molecular formula is C41H38F2N6O13P2S. The molecule has 0 spiro atoms. The summed E-state index contributed by atoms with van der Waals surface area (Å²) in [7, 11) is -5.31. The van der Waals surface area contributed by atoms with Gasteiger partial charge in [-0.1, -0.05) is 60.2 Å². The first-order valence-electron chi connectivity index (χ1n) is 19.9. The summed E-state index contributed by atoms with van der Waals surface area (Å²) in [6.07, 6.45) is -12.3. The summed E-state index contributed by atoms with van der Waals surface area (Å²) < 4.78 is 103. The summed E-state index contributed by atoms with van der Waals surface area (Å²) in [5.74, 6) is -1.87. The summed E-state index contributed by atoms with van der Waals surface area (Å²) >= 11 is 0.607. The quantitative estimate of drug-likeness (QED) is 0.0780. The fraction of sp³-hybridized carbons (Fsp3) is 0.317. The number of nitrogen functional groups attached to an aromatic ring is 1. The zero-order valence-corrected chi connectivity index (χ0v) is 36.5. The molecule has 3 saturated heterocycles. The molecule has 5 aromatic rings. The SMILES string of the molecule is Cc1ccc(C(=O)Oc2ccc(CS[P@@]3(=O)OC[C@H]4O[C@@H](N5C=C(c6ccccc6)C(=O)CC5=O)[C@H](F)[C@@H]4OP(=O)(O)OC[C@H]4O[C@@H](n5cnc6c(N)ncnc65)[C@H](O3)[C@@H]4F)cc2)cc1. The highest BCUT2D eigenvalue weighted by atomic mass is 32.7. The molecular weight excluding hydrogens is 916 g/mol. The molecule has 340 valence electrons. The van der Waals surface area contributed by atoms with Crippen molar-refractivity contribution in [2.75, 3.05) is 18.9 Å². The third-order valence-electron chi connectivity index (χ3n) is 10.8. The number of phosphoric ester groups is 1. The standard InChI is InChI=1S/C41H38F2N6O13P2S/c1-22-7-11-25(12-8-22)41(52)58-26-13-9-23(10-14-26)19-65-64(55)57-18-30-35(33(43)39(60-30)48-16-27(28(50)15-31(48)51)24-5-3-2-4-6-24)61-63(53,54)56-17-29-32(42)36(62-64)40(59-29)49-21-47-34-37(44)45-20-46-38(34)49/h2-14,16,20-21,29-30,32-33,35-36,39-40H,15,17-19H2,1H3,(H,53,54)(H2,44,45,46)/t29-,30-,32-,33-,35-,36-,39-,40-,64+/m1/s1. The molecule has 10 atom stereocenters. The number of nitrogens with two attached hydrogens (primary N) is 1. The number of aryl methyl sites for hydroxylation is 1. The number of ketones is 1. The topological polar surface area (TPSA) is 243 Å². The Morgan fingerprint density at radius 2 is 1.62 bits per heavy atom. The van der Waals surface area contributed by atoms with Crippen LogP contribution in [0.3, 0.4) is 0 Å². The largest absolute Gasteiger partial charge is 0.472 e. The number of hydrogen-bond donors (Lipinski definition) is 2. The number of alkyl halides is 2. The number of esters is 1. The zero-order chi connectivity index (χ0) is 45.6. The number of allylic oxidation sites excluding steroid dienone is 1. The fourth-order valence-corrected chi connectivity index (χ4v) is 11.8. The van der Waals surface area contributed by atoms with E-state index in [2.05, 4.69) is 15.0 Å². The van der Waals surface area contributed by atoms with Gasteiger partial charge in [-0.3, -0.25) is 37.2 Å². The molecule has 6 heterocycles. The number of halogens is 2. The summed E-state index contributed by atoms with van der Waals surface area (Å²) in [4.78, 5) is 63.1. The van der Waals surface area contributed by atoms with Crippen LogP contribution in [0.5, 0.6) is 5.75 Å². The van der Waals surface area contributed by atoms with Crippen LogP contribution in [0, 0.1) is 6.92 Å². The number of nitrogens with zero attached hydrogens (tertiary/aromatic N) is 5. The zero-order valence-electron chi connectivity index (χ0n) is 33.9. The Morgan fingerprint density at radius 1 is 0.892 bits per heavy atom. The minimum Gasteiger partial charge on any atom is -0.423 e. The predicted molar refractivity (Wildman–Crippen MR) is 226 cm³/mol. The Labute approximate surface area is 372 Å². The normalized spacial score (nSPS) is 30.8. The molecule has 1 unspecified atom stereocenters.